The van der Waals surface area contributed by atoms with Gasteiger partial charge in [0.1, 0.15) is 0 Å². The first-order valence-corrected chi connectivity index (χ1v) is 12.5. The molecule has 0 spiro atoms. The van der Waals surface area contributed by atoms with E-state index in [2.05, 4.69) is 10.1 Å². The van der Waals surface area contributed by atoms with Gasteiger partial charge in [0.25, 0.3) is 10.0 Å². The van der Waals surface area contributed by atoms with Gasteiger partial charge in [-0.1, -0.05) is 72.0 Å². The Hall–Kier alpha value is -4.08. The van der Waals surface area contributed by atoms with Gasteiger partial charge in [0, 0.05) is 11.1 Å². The number of hydrazone groups is 1. The number of carbonyl (C=O) groups is 1. The Morgan fingerprint density at radius 1 is 0.912 bits per heavy atom. The van der Waals surface area contributed by atoms with E-state index in [-0.39, 0.29) is 15.6 Å². The van der Waals surface area contributed by atoms with Crippen molar-refractivity contribution in [1.29, 1.82) is 0 Å². The molecular weight excluding hydrogens is 468 g/mol. The van der Waals surface area contributed by atoms with Crippen LogP contribution < -0.4 is 10.1 Å². The predicted octanol–water partition coefficient (Wildman–Crippen LogP) is 4.78. The summed E-state index contributed by atoms with van der Waals surface area (Å²) in [7, 11) is -4.13. The largest absolute Gasteiger partial charge is 0.366 e. The van der Waals surface area contributed by atoms with Crippen LogP contribution in [0.5, 0.6) is 0 Å². The van der Waals surface area contributed by atoms with Gasteiger partial charge in [-0.3, -0.25) is 4.79 Å². The van der Waals surface area contributed by atoms with Crippen LogP contribution in [0.25, 0.3) is 21.0 Å². The van der Waals surface area contributed by atoms with Gasteiger partial charge in [-0.05, 0) is 41.1 Å². The van der Waals surface area contributed by atoms with Crippen molar-refractivity contribution in [2.75, 3.05) is 4.41 Å². The summed E-state index contributed by atoms with van der Waals surface area (Å²) in [6.07, 6.45) is 1.31. The van der Waals surface area contributed by atoms with Crippen LogP contribution in [0.1, 0.15) is 15.9 Å². The normalized spacial score (nSPS) is 11.9. The number of nitrogens with zero attached hydrogens (tertiary/aromatic N) is 3. The molecule has 0 aliphatic heterocycles. The maximum atomic E-state index is 13.8. The monoisotopic (exact) mass is 486 g/mol. The molecule has 34 heavy (non-hydrogen) atoms. The van der Waals surface area contributed by atoms with Crippen molar-refractivity contribution in [3.8, 4) is 0 Å². The molecule has 2 N–H and O–H groups in total. The van der Waals surface area contributed by atoms with Gasteiger partial charge in [-0.25, -0.2) is 4.98 Å². The molecule has 9 heteroatoms. The van der Waals surface area contributed by atoms with Crippen molar-refractivity contribution in [3.05, 3.63) is 102 Å². The van der Waals surface area contributed by atoms with E-state index >= 15 is 0 Å². The molecule has 0 saturated carbocycles. The van der Waals surface area contributed by atoms with E-state index in [0.29, 0.717) is 11.1 Å². The zero-order chi connectivity index (χ0) is 23.7. The molecular formula is C25H18N4O3S2. The Morgan fingerprint density at radius 2 is 1.62 bits per heavy atom. The number of hydrogen-bond donors (Lipinski definition) is 1. The number of para-hydroxylation sites is 1. The molecule has 0 radical (unpaired) electrons. The summed E-state index contributed by atoms with van der Waals surface area (Å²) >= 11 is 1.21. The number of anilines is 1. The second-order valence-corrected chi connectivity index (χ2v) is 10.2. The zero-order valence-corrected chi connectivity index (χ0v) is 19.3. The number of thiazole rings is 1. The Kier molecular flexibility index (Phi) is 5.56. The van der Waals surface area contributed by atoms with Crippen LogP contribution in [-0.4, -0.2) is 25.5 Å². The van der Waals surface area contributed by atoms with Crippen molar-refractivity contribution < 1.29 is 13.2 Å². The van der Waals surface area contributed by atoms with Crippen LogP contribution in [0.15, 0.2) is 101 Å². The molecule has 0 fully saturated rings. The molecule has 4 aromatic carbocycles. The minimum atomic E-state index is -4.13. The molecule has 5 rings (SSSR count). The highest BCUT2D eigenvalue weighted by molar-refractivity contribution is 7.93. The Balaban J connectivity index is 1.66. The van der Waals surface area contributed by atoms with Crippen LogP contribution in [-0.2, 0) is 10.0 Å². The van der Waals surface area contributed by atoms with E-state index in [1.165, 1.54) is 17.6 Å². The molecule has 0 aliphatic carbocycles. The molecule has 5 aromatic rings. The molecule has 1 heterocycles. The van der Waals surface area contributed by atoms with Crippen LogP contribution in [0, 0.1) is 0 Å². The lowest BCUT2D eigenvalue weighted by atomic mass is 10.1. The molecule has 1 amide bonds. The van der Waals surface area contributed by atoms with Crippen LogP contribution in [0.3, 0.4) is 0 Å². The summed E-state index contributed by atoms with van der Waals surface area (Å²) in [5.74, 6) is -0.633. The van der Waals surface area contributed by atoms with Gasteiger partial charge in [0.05, 0.1) is 21.3 Å². The summed E-state index contributed by atoms with van der Waals surface area (Å²) in [4.78, 5) is 16.4. The Bertz CT molecular complexity index is 1640. The van der Waals surface area contributed by atoms with Gasteiger partial charge < -0.3 is 5.73 Å². The second kappa shape index (κ2) is 8.69. The standard InChI is InChI=1S/C25H18N4O3S2/c26-24(30)21-10-4-3-9-19(21)16-27-29(25-28-22-11-5-6-12-23(22)33-25)34(31,32)20-14-13-17-7-1-2-8-18(17)15-20/h1-16H,(H2,26,30)/b27-16+. The quantitative estimate of drug-likeness (QED) is 0.275. The second-order valence-electron chi connectivity index (χ2n) is 7.42. The molecule has 168 valence electrons. The van der Waals surface area contributed by atoms with E-state index < -0.39 is 15.9 Å². The first-order chi connectivity index (χ1) is 16.4. The summed E-state index contributed by atoms with van der Waals surface area (Å²) in [5.41, 5.74) is 6.76. The van der Waals surface area contributed by atoms with E-state index in [9.17, 15) is 13.2 Å². The molecule has 0 unspecified atom stereocenters. The van der Waals surface area contributed by atoms with E-state index in [1.54, 1.807) is 42.5 Å². The Morgan fingerprint density at radius 3 is 2.41 bits per heavy atom. The third-order valence-electron chi connectivity index (χ3n) is 5.22. The lowest BCUT2D eigenvalue weighted by Gasteiger charge is -2.16. The average Bonchev–Trinajstić information content (AvgIpc) is 3.27. The number of amides is 1. The number of nitrogens with two attached hydrogens (primary N) is 1. The maximum Gasteiger partial charge on any atom is 0.285 e. The molecule has 0 aliphatic rings. The van der Waals surface area contributed by atoms with Crippen molar-refractivity contribution in [3.63, 3.8) is 0 Å². The lowest BCUT2D eigenvalue weighted by Crippen LogP contribution is -2.26. The third-order valence-corrected chi connectivity index (χ3v) is 7.92. The fourth-order valence-electron chi connectivity index (χ4n) is 3.53. The topological polar surface area (TPSA) is 106 Å². The fraction of sp³-hybridized carbons (Fsp3) is 0. The highest BCUT2D eigenvalue weighted by Gasteiger charge is 2.28. The van der Waals surface area contributed by atoms with E-state index in [1.807, 2.05) is 48.5 Å². The Labute approximate surface area is 199 Å². The smallest absolute Gasteiger partial charge is 0.285 e. The zero-order valence-electron chi connectivity index (χ0n) is 17.7. The number of hydrogen-bond acceptors (Lipinski definition) is 6. The number of carbonyl (C=O) groups excluding carboxylic acids is 1. The first kappa shape index (κ1) is 21.7. The number of rotatable bonds is 6. The molecule has 1 aromatic heterocycles. The van der Waals surface area contributed by atoms with Gasteiger partial charge in [-0.2, -0.15) is 13.5 Å². The summed E-state index contributed by atoms with van der Waals surface area (Å²) in [5, 5.41) is 6.18. The number of sulfonamides is 1. The van der Waals surface area contributed by atoms with Crippen molar-refractivity contribution in [2.24, 2.45) is 10.8 Å². The highest BCUT2D eigenvalue weighted by atomic mass is 32.2. The van der Waals surface area contributed by atoms with E-state index in [0.717, 1.165) is 19.9 Å². The highest BCUT2D eigenvalue weighted by Crippen LogP contribution is 2.33. The molecule has 0 bridgehead atoms. The predicted molar refractivity (Wildman–Crippen MR) is 136 cm³/mol. The van der Waals surface area contributed by atoms with Crippen molar-refractivity contribution >= 4 is 59.6 Å². The summed E-state index contributed by atoms with van der Waals surface area (Å²) in [6.45, 7) is 0. The SMILES string of the molecule is NC(=O)c1ccccc1/C=N/N(c1nc2ccccc2s1)S(=O)(=O)c1ccc2ccccc2c1. The van der Waals surface area contributed by atoms with Gasteiger partial charge in [-0.15, -0.1) is 4.41 Å². The van der Waals surface area contributed by atoms with Crippen LogP contribution in [0.4, 0.5) is 5.13 Å². The fourth-order valence-corrected chi connectivity index (χ4v) is 5.90. The first-order valence-electron chi connectivity index (χ1n) is 10.3. The van der Waals surface area contributed by atoms with Crippen molar-refractivity contribution in [1.82, 2.24) is 4.98 Å². The third kappa shape index (κ3) is 4.02. The van der Waals surface area contributed by atoms with Crippen molar-refractivity contribution in [2.45, 2.75) is 4.90 Å². The minimum Gasteiger partial charge on any atom is -0.366 e. The molecule has 7 nitrogen and oxygen atoms in total. The van der Waals surface area contributed by atoms with Crippen LogP contribution >= 0.6 is 11.3 Å². The molecule has 0 atom stereocenters. The average molecular weight is 487 g/mol. The minimum absolute atomic E-state index is 0.0748. The summed E-state index contributed by atoms with van der Waals surface area (Å²) in [6, 6.07) is 26.4. The number of aromatic nitrogens is 1. The number of benzene rings is 4. The number of fused-ring (bicyclic) bond motifs is 2. The molecule has 0 saturated heterocycles. The lowest BCUT2D eigenvalue weighted by molar-refractivity contribution is 0.1000. The maximum absolute atomic E-state index is 13.8. The van der Waals surface area contributed by atoms with Gasteiger partial charge >= 0.3 is 0 Å². The van der Waals surface area contributed by atoms with E-state index in [4.69, 9.17) is 5.73 Å². The number of primary amides is 1. The van der Waals surface area contributed by atoms with Gasteiger partial charge in [0.15, 0.2) is 0 Å². The van der Waals surface area contributed by atoms with Gasteiger partial charge in [0.2, 0.25) is 11.0 Å². The summed E-state index contributed by atoms with van der Waals surface area (Å²) < 4.78 is 29.3. The van der Waals surface area contributed by atoms with Crippen LogP contribution in [0.2, 0.25) is 0 Å².